The molecule has 0 amide bonds. The number of aromatic hydroxyl groups is 1. The summed E-state index contributed by atoms with van der Waals surface area (Å²) in [5, 5.41) is 17.0. The van der Waals surface area contributed by atoms with E-state index in [0.717, 1.165) is 0 Å². The fourth-order valence-electron chi connectivity index (χ4n) is 0.580. The summed E-state index contributed by atoms with van der Waals surface area (Å²) in [6.45, 7) is 0. The second-order valence-corrected chi connectivity index (χ2v) is 1.79. The molecular weight excluding hydrogens is 134 g/mol. The Morgan fingerprint density at radius 3 is 2.10 bits per heavy atom. The van der Waals surface area contributed by atoms with Crippen LogP contribution >= 0.6 is 0 Å². The van der Waals surface area contributed by atoms with Crippen molar-refractivity contribution >= 4 is 5.69 Å². The van der Waals surface area contributed by atoms with Gasteiger partial charge in [0.2, 0.25) is 0 Å². The number of nitrogens with zero attached hydrogens (tertiary/aromatic N) is 1. The Morgan fingerprint density at radius 1 is 1.20 bits per heavy atom. The summed E-state index contributed by atoms with van der Waals surface area (Å²) in [5.74, 6) is 0.0607. The lowest BCUT2D eigenvalue weighted by molar-refractivity contribution is -0.729. The minimum absolute atomic E-state index is 0.0607. The average molecular weight is 140 g/mol. The lowest BCUT2D eigenvalue weighted by Crippen LogP contribution is -1.89. The molecule has 52 valence electrons. The van der Waals surface area contributed by atoms with E-state index in [1.54, 1.807) is 0 Å². The van der Waals surface area contributed by atoms with Gasteiger partial charge in [0.25, 0.3) is 4.92 Å². The van der Waals surface area contributed by atoms with E-state index in [0.29, 0.717) is 0 Å². The van der Waals surface area contributed by atoms with Crippen LogP contribution in [0.3, 0.4) is 0 Å². The summed E-state index contributed by atoms with van der Waals surface area (Å²) in [7, 11) is 0. The normalized spacial score (nSPS) is 9.20. The summed E-state index contributed by atoms with van der Waals surface area (Å²) in [4.78, 5) is 9.88. The first-order chi connectivity index (χ1) is 4.70. The standard InChI is InChI=1S/C6H5NO3/c8-6-3-1-5(2-4-6)7(9)10/h1-4H,(H-,8,9,10)/p+1. The Hall–Kier alpha value is -1.58. The molecule has 0 aliphatic heterocycles. The van der Waals surface area contributed by atoms with Crippen molar-refractivity contribution in [3.05, 3.63) is 29.2 Å². The maximum atomic E-state index is 10.1. The van der Waals surface area contributed by atoms with Crippen molar-refractivity contribution in [2.24, 2.45) is 0 Å². The number of rotatable bonds is 1. The monoisotopic (exact) mass is 140 g/mol. The lowest BCUT2D eigenvalue weighted by Gasteiger charge is -1.85. The second-order valence-electron chi connectivity index (χ2n) is 1.79. The third-order valence-corrected chi connectivity index (χ3v) is 1.07. The topological polar surface area (TPSA) is 60.5 Å². The molecule has 0 radical (unpaired) electrons. The molecule has 0 heterocycles. The maximum absolute atomic E-state index is 10.1. The van der Waals surface area contributed by atoms with E-state index < -0.39 is 0 Å². The van der Waals surface area contributed by atoms with Gasteiger partial charge in [-0.3, -0.25) is 0 Å². The Balaban J connectivity index is 3.00. The van der Waals surface area contributed by atoms with Crippen molar-refractivity contribution < 1.29 is 15.2 Å². The molecule has 4 heteroatoms. The molecule has 0 atom stereocenters. The first-order valence-electron chi connectivity index (χ1n) is 2.65. The molecule has 1 rings (SSSR count). The highest BCUT2D eigenvalue weighted by Gasteiger charge is 2.08. The molecule has 4 nitrogen and oxygen atoms in total. The molecule has 0 saturated heterocycles. The van der Waals surface area contributed by atoms with Crippen LogP contribution in [0, 0.1) is 4.91 Å². The van der Waals surface area contributed by atoms with Crippen LogP contribution < -0.4 is 0 Å². The van der Waals surface area contributed by atoms with Gasteiger partial charge in [-0.1, -0.05) is 0 Å². The lowest BCUT2D eigenvalue weighted by atomic mass is 10.3. The van der Waals surface area contributed by atoms with Crippen LogP contribution in [-0.4, -0.2) is 15.2 Å². The first kappa shape index (κ1) is 6.54. The predicted octanol–water partition coefficient (Wildman–Crippen LogP) is 1.19. The third kappa shape index (κ3) is 1.22. The minimum atomic E-state index is -0.264. The summed E-state index contributed by atoms with van der Waals surface area (Å²) in [6.07, 6.45) is 0. The molecule has 0 fully saturated rings. The molecule has 0 aliphatic carbocycles. The zero-order valence-electron chi connectivity index (χ0n) is 5.06. The SMILES string of the molecule is O=[N+](O)c1ccc(O)cc1. The van der Waals surface area contributed by atoms with Crippen molar-refractivity contribution in [3.63, 3.8) is 0 Å². The molecule has 0 aliphatic rings. The minimum Gasteiger partial charge on any atom is -0.508 e. The van der Waals surface area contributed by atoms with Gasteiger partial charge in [-0.2, -0.15) is 0 Å². The largest absolute Gasteiger partial charge is 0.508 e. The Morgan fingerprint density at radius 2 is 1.70 bits per heavy atom. The highest BCUT2D eigenvalue weighted by Crippen LogP contribution is 2.14. The molecule has 0 spiro atoms. The van der Waals surface area contributed by atoms with Crippen molar-refractivity contribution in [2.75, 3.05) is 0 Å². The Labute approximate surface area is 56.9 Å². The van der Waals surface area contributed by atoms with Crippen LogP contribution in [0.1, 0.15) is 0 Å². The highest BCUT2D eigenvalue weighted by molar-refractivity contribution is 5.34. The molecule has 0 saturated carbocycles. The van der Waals surface area contributed by atoms with Crippen molar-refractivity contribution in [1.29, 1.82) is 0 Å². The number of phenolic OH excluding ortho intramolecular Hbond substituents is 1. The van der Waals surface area contributed by atoms with Gasteiger partial charge in [0.1, 0.15) is 5.75 Å². The molecule has 0 bridgehead atoms. The molecule has 2 N–H and O–H groups in total. The average Bonchev–Trinajstić information content (AvgIpc) is 1.88. The van der Waals surface area contributed by atoms with Crippen molar-refractivity contribution in [3.8, 4) is 5.75 Å². The van der Waals surface area contributed by atoms with E-state index in [2.05, 4.69) is 0 Å². The van der Waals surface area contributed by atoms with Crippen LogP contribution in [0.2, 0.25) is 0 Å². The summed E-state index contributed by atoms with van der Waals surface area (Å²) in [6, 6.07) is 5.25. The van der Waals surface area contributed by atoms with Gasteiger partial charge in [-0.15, -0.1) is 0 Å². The second kappa shape index (κ2) is 2.34. The van der Waals surface area contributed by atoms with Gasteiger partial charge in [0.05, 0.1) is 4.91 Å². The van der Waals surface area contributed by atoms with Crippen LogP contribution in [-0.2, 0) is 0 Å². The predicted molar refractivity (Wildman–Crippen MR) is 33.2 cm³/mol. The number of hydrogen-bond donors (Lipinski definition) is 2. The van der Waals surface area contributed by atoms with Crippen LogP contribution in [0.25, 0.3) is 0 Å². The Kier molecular flexibility index (Phi) is 1.53. The number of hydrogen-bond acceptors (Lipinski definition) is 2. The first-order valence-corrected chi connectivity index (χ1v) is 2.65. The zero-order valence-corrected chi connectivity index (χ0v) is 5.06. The zero-order chi connectivity index (χ0) is 7.56. The summed E-state index contributed by atoms with van der Waals surface area (Å²) >= 11 is 0. The summed E-state index contributed by atoms with van der Waals surface area (Å²) in [5.41, 5.74) is 0.0952. The molecule has 0 aromatic heterocycles. The van der Waals surface area contributed by atoms with Gasteiger partial charge < -0.3 is 5.11 Å². The van der Waals surface area contributed by atoms with Crippen LogP contribution in [0.15, 0.2) is 24.3 Å². The van der Waals surface area contributed by atoms with Gasteiger partial charge in [0, 0.05) is 12.1 Å². The van der Waals surface area contributed by atoms with Gasteiger partial charge in [-0.05, 0) is 12.1 Å². The van der Waals surface area contributed by atoms with E-state index in [9.17, 15) is 4.91 Å². The van der Waals surface area contributed by atoms with Gasteiger partial charge in [0.15, 0.2) is 0 Å². The van der Waals surface area contributed by atoms with Crippen molar-refractivity contribution in [2.45, 2.75) is 0 Å². The van der Waals surface area contributed by atoms with E-state index in [1.807, 2.05) is 0 Å². The van der Waals surface area contributed by atoms with E-state index in [1.165, 1.54) is 24.3 Å². The molecule has 1 aromatic rings. The van der Waals surface area contributed by atoms with E-state index in [-0.39, 0.29) is 16.4 Å². The van der Waals surface area contributed by atoms with Crippen molar-refractivity contribution in [1.82, 2.24) is 0 Å². The van der Waals surface area contributed by atoms with E-state index in [4.69, 9.17) is 10.3 Å². The Bertz CT molecular complexity index is 242. The van der Waals surface area contributed by atoms with E-state index >= 15 is 0 Å². The van der Waals surface area contributed by atoms with Crippen LogP contribution in [0.5, 0.6) is 5.75 Å². The smallest absolute Gasteiger partial charge is 0.316 e. The quantitative estimate of drug-likeness (QED) is 0.576. The van der Waals surface area contributed by atoms with Crippen LogP contribution in [0.4, 0.5) is 5.69 Å². The molecule has 0 unspecified atom stereocenters. The highest BCUT2D eigenvalue weighted by atomic mass is 16.6. The molecule has 1 aromatic carbocycles. The molecular formula is C6H6NO3+. The summed E-state index contributed by atoms with van der Waals surface area (Å²) < 4.78 is 0. The maximum Gasteiger partial charge on any atom is 0.316 e. The number of benzene rings is 1. The third-order valence-electron chi connectivity index (χ3n) is 1.07. The molecule has 10 heavy (non-hydrogen) atoms. The fourth-order valence-corrected chi connectivity index (χ4v) is 0.580. The fraction of sp³-hybridized carbons (Fsp3) is 0. The van der Waals surface area contributed by atoms with Gasteiger partial charge >= 0.3 is 5.69 Å². The van der Waals surface area contributed by atoms with Gasteiger partial charge in [-0.25, -0.2) is 5.21 Å². The number of phenols is 1.